The Hall–Kier alpha value is -2.82. The van der Waals surface area contributed by atoms with Crippen LogP contribution in [0.4, 0.5) is 5.82 Å². The van der Waals surface area contributed by atoms with Gasteiger partial charge in [-0.2, -0.15) is 0 Å². The number of pyridine rings is 2. The van der Waals surface area contributed by atoms with Gasteiger partial charge in [0.25, 0.3) is 0 Å². The molecule has 2 aromatic rings. The Morgan fingerprint density at radius 3 is 2.47 bits per heavy atom. The van der Waals surface area contributed by atoms with Crippen molar-refractivity contribution in [3.63, 3.8) is 0 Å². The second-order valence-corrected chi connectivity index (χ2v) is 9.95. The first kappa shape index (κ1) is 22.4. The first-order chi connectivity index (χ1) is 15.2. The average Bonchev–Trinajstić information content (AvgIpc) is 3.21. The maximum atomic E-state index is 12.7. The van der Waals surface area contributed by atoms with Crippen molar-refractivity contribution in [3.8, 4) is 0 Å². The summed E-state index contributed by atoms with van der Waals surface area (Å²) in [5.41, 5.74) is 2.32. The molecule has 1 atom stereocenters. The van der Waals surface area contributed by atoms with Gasteiger partial charge in [0.1, 0.15) is 11.6 Å². The van der Waals surface area contributed by atoms with Crippen LogP contribution in [0.2, 0.25) is 0 Å². The van der Waals surface area contributed by atoms with Gasteiger partial charge in [0.05, 0.1) is 5.69 Å². The normalized spacial score (nSPS) is 22.4. The summed E-state index contributed by atoms with van der Waals surface area (Å²) in [5, 5.41) is 4.92. The summed E-state index contributed by atoms with van der Waals surface area (Å²) >= 11 is 0. The van der Waals surface area contributed by atoms with E-state index < -0.39 is 5.41 Å². The van der Waals surface area contributed by atoms with E-state index in [2.05, 4.69) is 34.4 Å². The highest BCUT2D eigenvalue weighted by Gasteiger charge is 2.36. The van der Waals surface area contributed by atoms with Crippen LogP contribution in [0.3, 0.4) is 0 Å². The number of amides is 1. The number of fused-ring (bicyclic) bond motifs is 1. The summed E-state index contributed by atoms with van der Waals surface area (Å²) in [5.74, 6) is 0.926. The van der Waals surface area contributed by atoms with Gasteiger partial charge >= 0.3 is 0 Å². The molecule has 0 aliphatic heterocycles. The molecule has 0 saturated heterocycles. The van der Waals surface area contributed by atoms with Gasteiger partial charge < -0.3 is 5.32 Å². The van der Waals surface area contributed by atoms with E-state index >= 15 is 0 Å². The van der Waals surface area contributed by atoms with Crippen LogP contribution in [0.1, 0.15) is 79.8 Å². The summed E-state index contributed by atoms with van der Waals surface area (Å²) in [6.07, 6.45) is 14.1. The molecule has 5 heteroatoms. The number of nitrogens with one attached hydrogen (secondary N) is 1. The zero-order valence-electron chi connectivity index (χ0n) is 19.6. The molecule has 1 fully saturated rings. The molecule has 170 valence electrons. The molecule has 1 saturated carbocycles. The third kappa shape index (κ3) is 4.25. The van der Waals surface area contributed by atoms with Crippen molar-refractivity contribution in [1.82, 2.24) is 9.97 Å². The first-order valence-electron chi connectivity index (χ1n) is 11.7. The predicted octanol–water partition coefficient (Wildman–Crippen LogP) is 6.50. The molecular weight excluding hydrogens is 398 g/mol. The van der Waals surface area contributed by atoms with Gasteiger partial charge in [-0.3, -0.25) is 14.6 Å². The van der Waals surface area contributed by atoms with Crippen LogP contribution in [0.5, 0.6) is 0 Å². The molecule has 1 unspecified atom stereocenters. The Balaban J connectivity index is 0.00000306. The first-order valence-corrected chi connectivity index (χ1v) is 11.7. The molecule has 1 N–H and O–H groups in total. The molecule has 0 radical (unpaired) electrons. The fourth-order valence-corrected chi connectivity index (χ4v) is 5.01. The number of nitrogens with zero attached hydrogens (tertiary/aromatic N) is 2. The van der Waals surface area contributed by atoms with Gasteiger partial charge in [0.15, 0.2) is 0 Å². The van der Waals surface area contributed by atoms with Gasteiger partial charge in [-0.25, -0.2) is 4.98 Å². The quantitative estimate of drug-likeness (QED) is 0.564. The van der Waals surface area contributed by atoms with Gasteiger partial charge in [-0.05, 0) is 62.8 Å². The molecule has 2 aliphatic rings. The van der Waals surface area contributed by atoms with E-state index in [1.54, 1.807) is 6.20 Å². The summed E-state index contributed by atoms with van der Waals surface area (Å²) in [4.78, 5) is 34.4. The smallest absolute Gasteiger partial charge is 0.231 e. The zero-order valence-corrected chi connectivity index (χ0v) is 19.6. The minimum Gasteiger partial charge on any atom is -0.310 e. The highest BCUT2D eigenvalue weighted by atomic mass is 16.2. The van der Waals surface area contributed by atoms with Crippen LogP contribution in [0.25, 0.3) is 16.3 Å². The predicted molar refractivity (Wildman–Crippen MR) is 131 cm³/mol. The topological polar surface area (TPSA) is 72.0 Å². The molecule has 2 heterocycles. The van der Waals surface area contributed by atoms with E-state index in [1.807, 2.05) is 39.1 Å². The van der Waals surface area contributed by atoms with Crippen molar-refractivity contribution < 1.29 is 11.0 Å². The van der Waals surface area contributed by atoms with Crippen molar-refractivity contribution in [2.45, 2.75) is 72.6 Å². The number of carbonyl (C=O) groups excluding carboxylic acids is 2. The Morgan fingerprint density at radius 2 is 1.78 bits per heavy atom. The van der Waals surface area contributed by atoms with E-state index in [-0.39, 0.29) is 12.7 Å². The molecule has 32 heavy (non-hydrogen) atoms. The SMILES string of the molecule is CCCC(=O)C1(C)C=C(C)C(c2cc3cnc(NC(=O)C4(C)CCCC4)cc3cn2)=CC1.[HH]. The fraction of sp³-hybridized carbons (Fsp3) is 0.481. The number of ketones is 1. The van der Waals surface area contributed by atoms with E-state index in [0.29, 0.717) is 24.4 Å². The lowest BCUT2D eigenvalue weighted by Gasteiger charge is -2.29. The maximum absolute atomic E-state index is 12.7. The number of hydrogen-bond donors (Lipinski definition) is 1. The van der Waals surface area contributed by atoms with Crippen molar-refractivity contribution in [2.24, 2.45) is 10.8 Å². The van der Waals surface area contributed by atoms with Crippen LogP contribution in [0, 0.1) is 10.8 Å². The zero-order chi connectivity index (χ0) is 22.9. The van der Waals surface area contributed by atoms with Crippen molar-refractivity contribution in [3.05, 3.63) is 47.9 Å². The number of Topliss-reactive ketones (excluding diaryl/α,β-unsaturated/α-hetero) is 1. The lowest BCUT2D eigenvalue weighted by Crippen LogP contribution is -2.31. The summed E-state index contributed by atoms with van der Waals surface area (Å²) in [7, 11) is 0. The third-order valence-electron chi connectivity index (χ3n) is 7.18. The van der Waals surface area contributed by atoms with Crippen molar-refractivity contribution >= 4 is 33.9 Å². The summed E-state index contributed by atoms with van der Waals surface area (Å²) in [6.45, 7) is 8.16. The van der Waals surface area contributed by atoms with E-state index in [1.165, 1.54) is 0 Å². The van der Waals surface area contributed by atoms with E-state index in [9.17, 15) is 9.59 Å². The Morgan fingerprint density at radius 1 is 1.09 bits per heavy atom. The van der Waals surface area contributed by atoms with Gasteiger partial charge in [0.2, 0.25) is 5.91 Å². The van der Waals surface area contributed by atoms with Crippen LogP contribution in [-0.2, 0) is 9.59 Å². The second kappa shape index (κ2) is 8.61. The molecule has 0 aromatic carbocycles. The average molecular weight is 434 g/mol. The Labute approximate surface area is 191 Å². The summed E-state index contributed by atoms with van der Waals surface area (Å²) < 4.78 is 0. The largest absolute Gasteiger partial charge is 0.310 e. The number of anilines is 1. The maximum Gasteiger partial charge on any atom is 0.231 e. The number of aromatic nitrogens is 2. The standard InChI is InChI=1S/C27H33N3O2.H2/c1-5-8-23(31)27(4)12-9-21(18(2)15-27)22-13-19-17-29-24(14-20(19)16-28-22)30-25(32)26(3)10-6-7-11-26;/h9,13-17H,5-8,10-12H2,1-4H3,(H,29,30,32);1H. The van der Waals surface area contributed by atoms with Crippen LogP contribution < -0.4 is 5.32 Å². The monoisotopic (exact) mass is 433 g/mol. The third-order valence-corrected chi connectivity index (χ3v) is 7.18. The number of allylic oxidation sites excluding steroid dienone is 4. The highest BCUT2D eigenvalue weighted by Crippen LogP contribution is 2.40. The molecule has 1 amide bonds. The van der Waals surface area contributed by atoms with E-state index in [0.717, 1.165) is 59.7 Å². The number of carbonyl (C=O) groups is 2. The fourth-order valence-electron chi connectivity index (χ4n) is 5.01. The van der Waals surface area contributed by atoms with Gasteiger partial charge in [-0.15, -0.1) is 0 Å². The van der Waals surface area contributed by atoms with Gasteiger partial charge in [0, 0.05) is 41.8 Å². The lowest BCUT2D eigenvalue weighted by atomic mass is 9.74. The minimum atomic E-state index is -0.426. The number of hydrogen-bond acceptors (Lipinski definition) is 4. The molecular formula is C27H35N3O2. The lowest BCUT2D eigenvalue weighted by molar-refractivity contribution is -0.126. The van der Waals surface area contributed by atoms with Crippen LogP contribution >= 0.6 is 0 Å². The Kier molecular flexibility index (Phi) is 6.02. The molecule has 2 aromatic heterocycles. The van der Waals surface area contributed by atoms with E-state index in [4.69, 9.17) is 0 Å². The number of rotatable bonds is 6. The molecule has 0 bridgehead atoms. The van der Waals surface area contributed by atoms with Crippen molar-refractivity contribution in [1.29, 1.82) is 0 Å². The van der Waals surface area contributed by atoms with Crippen LogP contribution in [0.15, 0.2) is 42.3 Å². The highest BCUT2D eigenvalue weighted by molar-refractivity contribution is 5.97. The van der Waals surface area contributed by atoms with Crippen molar-refractivity contribution in [2.75, 3.05) is 5.32 Å². The molecule has 4 rings (SSSR count). The minimum absolute atomic E-state index is 0. The Bertz CT molecular complexity index is 1130. The van der Waals surface area contributed by atoms with Gasteiger partial charge in [-0.1, -0.05) is 38.8 Å². The molecule has 0 spiro atoms. The summed E-state index contributed by atoms with van der Waals surface area (Å²) in [6, 6.07) is 3.92. The molecule has 5 nitrogen and oxygen atoms in total. The van der Waals surface area contributed by atoms with Crippen LogP contribution in [-0.4, -0.2) is 21.7 Å². The molecule has 2 aliphatic carbocycles. The second-order valence-electron chi connectivity index (χ2n) is 9.95.